The van der Waals surface area contributed by atoms with Crippen LogP contribution in [0.4, 0.5) is 10.1 Å². The second-order valence-electron chi connectivity index (χ2n) is 4.94. The van der Waals surface area contributed by atoms with Crippen molar-refractivity contribution in [2.45, 2.75) is 13.8 Å². The second kappa shape index (κ2) is 5.67. The number of aliphatic hydroxyl groups excluding tert-OH is 1. The molecule has 18 heavy (non-hydrogen) atoms. The quantitative estimate of drug-likeness (QED) is 0.884. The van der Waals surface area contributed by atoms with Crippen molar-refractivity contribution in [1.82, 2.24) is 4.90 Å². The molecule has 1 heterocycles. The highest BCUT2D eigenvalue weighted by Crippen LogP contribution is 2.24. The Labute approximate surface area is 108 Å². The summed E-state index contributed by atoms with van der Waals surface area (Å²) in [6.45, 7) is 8.25. The molecule has 0 aromatic heterocycles. The molecule has 0 spiro atoms. The fourth-order valence-electron chi connectivity index (χ4n) is 2.36. The van der Waals surface area contributed by atoms with Crippen molar-refractivity contribution in [2.75, 3.05) is 44.2 Å². The van der Waals surface area contributed by atoms with Crippen molar-refractivity contribution >= 4 is 5.69 Å². The van der Waals surface area contributed by atoms with Crippen LogP contribution in [0.15, 0.2) is 12.1 Å². The average Bonchev–Trinajstić information content (AvgIpc) is 2.35. The molecule has 3 nitrogen and oxygen atoms in total. The molecular weight excluding hydrogens is 231 g/mol. The van der Waals surface area contributed by atoms with Crippen LogP contribution in [0.2, 0.25) is 0 Å². The SMILES string of the molecule is Cc1cc(F)c(N2CCN(CCO)CC2)cc1C. The zero-order valence-corrected chi connectivity index (χ0v) is 11.1. The molecule has 1 aliphatic rings. The fourth-order valence-corrected chi connectivity index (χ4v) is 2.36. The third kappa shape index (κ3) is 2.82. The first-order valence-corrected chi connectivity index (χ1v) is 6.46. The number of aryl methyl sites for hydroxylation is 2. The molecule has 1 aromatic rings. The summed E-state index contributed by atoms with van der Waals surface area (Å²) < 4.78 is 14.0. The number of hydrogen-bond acceptors (Lipinski definition) is 3. The molecule has 1 N–H and O–H groups in total. The topological polar surface area (TPSA) is 26.7 Å². The van der Waals surface area contributed by atoms with Gasteiger partial charge < -0.3 is 10.0 Å². The molecule has 0 radical (unpaired) electrons. The molecule has 4 heteroatoms. The van der Waals surface area contributed by atoms with Crippen molar-refractivity contribution in [1.29, 1.82) is 0 Å². The summed E-state index contributed by atoms with van der Waals surface area (Å²) in [6.07, 6.45) is 0. The van der Waals surface area contributed by atoms with Gasteiger partial charge >= 0.3 is 0 Å². The second-order valence-corrected chi connectivity index (χ2v) is 4.94. The molecule has 1 fully saturated rings. The average molecular weight is 252 g/mol. The Morgan fingerprint density at radius 1 is 1.11 bits per heavy atom. The molecule has 0 aliphatic carbocycles. The number of hydrogen-bond donors (Lipinski definition) is 1. The van der Waals surface area contributed by atoms with Gasteiger partial charge in [-0.05, 0) is 37.1 Å². The normalized spacial score (nSPS) is 17.2. The van der Waals surface area contributed by atoms with Gasteiger partial charge in [-0.1, -0.05) is 0 Å². The van der Waals surface area contributed by atoms with Gasteiger partial charge in [-0.3, -0.25) is 4.90 Å². The van der Waals surface area contributed by atoms with Gasteiger partial charge in [-0.15, -0.1) is 0 Å². The van der Waals surface area contributed by atoms with Gasteiger partial charge in [0.25, 0.3) is 0 Å². The lowest BCUT2D eigenvalue weighted by atomic mass is 10.1. The maximum absolute atomic E-state index is 14.0. The van der Waals surface area contributed by atoms with E-state index in [1.807, 2.05) is 19.9 Å². The Hall–Kier alpha value is -1.13. The van der Waals surface area contributed by atoms with Gasteiger partial charge in [0.05, 0.1) is 12.3 Å². The van der Waals surface area contributed by atoms with Crippen LogP contribution in [-0.2, 0) is 0 Å². The van der Waals surface area contributed by atoms with Crippen LogP contribution in [0.1, 0.15) is 11.1 Å². The predicted molar refractivity (Wildman–Crippen MR) is 71.6 cm³/mol. The Kier molecular flexibility index (Phi) is 4.19. The van der Waals surface area contributed by atoms with E-state index in [1.54, 1.807) is 6.07 Å². The van der Waals surface area contributed by atoms with Crippen molar-refractivity contribution in [3.8, 4) is 0 Å². The maximum Gasteiger partial charge on any atom is 0.146 e. The Morgan fingerprint density at radius 2 is 1.72 bits per heavy atom. The van der Waals surface area contributed by atoms with E-state index in [4.69, 9.17) is 5.11 Å². The standard InChI is InChI=1S/C14H21FN2O/c1-11-9-13(15)14(10-12(11)2)17-5-3-16(4-6-17)7-8-18/h9-10,18H,3-8H2,1-2H3. The summed E-state index contributed by atoms with van der Waals surface area (Å²) in [7, 11) is 0. The van der Waals surface area contributed by atoms with E-state index in [-0.39, 0.29) is 12.4 Å². The first kappa shape index (κ1) is 13.3. The summed E-state index contributed by atoms with van der Waals surface area (Å²) in [5.41, 5.74) is 2.83. The summed E-state index contributed by atoms with van der Waals surface area (Å²) >= 11 is 0. The summed E-state index contributed by atoms with van der Waals surface area (Å²) in [5, 5.41) is 8.90. The lowest BCUT2D eigenvalue weighted by Gasteiger charge is -2.36. The predicted octanol–water partition coefficient (Wildman–Crippen LogP) is 1.56. The van der Waals surface area contributed by atoms with E-state index < -0.39 is 0 Å². The number of β-amino-alcohol motifs (C(OH)–C–C–N with tert-alkyl or cyclic N) is 1. The minimum atomic E-state index is -0.131. The van der Waals surface area contributed by atoms with E-state index >= 15 is 0 Å². The monoisotopic (exact) mass is 252 g/mol. The Balaban J connectivity index is 2.07. The van der Waals surface area contributed by atoms with Gasteiger partial charge in [0, 0.05) is 32.7 Å². The highest BCUT2D eigenvalue weighted by Gasteiger charge is 2.19. The molecule has 1 aromatic carbocycles. The first-order valence-electron chi connectivity index (χ1n) is 6.46. The summed E-state index contributed by atoms with van der Waals surface area (Å²) in [4.78, 5) is 4.30. The van der Waals surface area contributed by atoms with E-state index in [0.717, 1.165) is 37.3 Å². The van der Waals surface area contributed by atoms with E-state index in [2.05, 4.69) is 9.80 Å². The molecular formula is C14H21FN2O. The van der Waals surface area contributed by atoms with Crippen LogP contribution in [0, 0.1) is 19.7 Å². The smallest absolute Gasteiger partial charge is 0.146 e. The van der Waals surface area contributed by atoms with Crippen LogP contribution in [0.3, 0.4) is 0 Å². The minimum absolute atomic E-state index is 0.131. The Bertz CT molecular complexity index is 415. The zero-order valence-electron chi connectivity index (χ0n) is 11.1. The number of aliphatic hydroxyl groups is 1. The van der Waals surface area contributed by atoms with Crippen LogP contribution in [0.5, 0.6) is 0 Å². The van der Waals surface area contributed by atoms with Crippen LogP contribution in [0.25, 0.3) is 0 Å². The minimum Gasteiger partial charge on any atom is -0.395 e. The van der Waals surface area contributed by atoms with Crippen molar-refractivity contribution in [3.05, 3.63) is 29.1 Å². The van der Waals surface area contributed by atoms with Crippen LogP contribution in [-0.4, -0.2) is 49.3 Å². The molecule has 0 unspecified atom stereocenters. The first-order chi connectivity index (χ1) is 8.61. The van der Waals surface area contributed by atoms with Crippen molar-refractivity contribution in [3.63, 3.8) is 0 Å². The highest BCUT2D eigenvalue weighted by atomic mass is 19.1. The zero-order chi connectivity index (χ0) is 13.1. The Morgan fingerprint density at radius 3 is 2.33 bits per heavy atom. The number of halogens is 1. The molecule has 0 saturated carbocycles. The van der Waals surface area contributed by atoms with Crippen molar-refractivity contribution < 1.29 is 9.50 Å². The van der Waals surface area contributed by atoms with Crippen LogP contribution >= 0.6 is 0 Å². The highest BCUT2D eigenvalue weighted by molar-refractivity contribution is 5.52. The van der Waals surface area contributed by atoms with Gasteiger partial charge in [0.1, 0.15) is 5.82 Å². The van der Waals surface area contributed by atoms with Gasteiger partial charge in [0.2, 0.25) is 0 Å². The molecule has 1 saturated heterocycles. The lowest BCUT2D eigenvalue weighted by molar-refractivity contribution is 0.188. The molecule has 0 amide bonds. The third-order valence-electron chi connectivity index (χ3n) is 3.69. The van der Waals surface area contributed by atoms with E-state index in [9.17, 15) is 4.39 Å². The summed E-state index contributed by atoms with van der Waals surface area (Å²) in [6, 6.07) is 3.55. The van der Waals surface area contributed by atoms with Crippen LogP contribution < -0.4 is 4.90 Å². The molecule has 1 aliphatic heterocycles. The lowest BCUT2D eigenvalue weighted by Crippen LogP contribution is -2.47. The van der Waals surface area contributed by atoms with E-state index in [0.29, 0.717) is 12.2 Å². The maximum atomic E-state index is 14.0. The largest absolute Gasteiger partial charge is 0.395 e. The molecule has 0 atom stereocenters. The number of piperazine rings is 1. The number of rotatable bonds is 3. The molecule has 100 valence electrons. The molecule has 2 rings (SSSR count). The summed E-state index contributed by atoms with van der Waals surface area (Å²) in [5.74, 6) is -0.131. The van der Waals surface area contributed by atoms with Gasteiger partial charge in [0.15, 0.2) is 0 Å². The molecule has 0 bridgehead atoms. The fraction of sp³-hybridized carbons (Fsp3) is 0.571. The number of anilines is 1. The number of nitrogens with zero attached hydrogens (tertiary/aromatic N) is 2. The third-order valence-corrected chi connectivity index (χ3v) is 3.69. The van der Waals surface area contributed by atoms with Gasteiger partial charge in [-0.25, -0.2) is 4.39 Å². The number of benzene rings is 1. The van der Waals surface area contributed by atoms with E-state index in [1.165, 1.54) is 0 Å². The van der Waals surface area contributed by atoms with Gasteiger partial charge in [-0.2, -0.15) is 0 Å². The van der Waals surface area contributed by atoms with Crippen molar-refractivity contribution in [2.24, 2.45) is 0 Å².